The van der Waals surface area contributed by atoms with E-state index in [4.69, 9.17) is 28.8 Å². The Hall–Kier alpha value is -5.33. The minimum atomic E-state index is -2.01. The van der Waals surface area contributed by atoms with Crippen LogP contribution in [0.3, 0.4) is 0 Å². The summed E-state index contributed by atoms with van der Waals surface area (Å²) in [7, 11) is 0. The second-order valence-corrected chi connectivity index (χ2v) is 19.8. The number of aliphatic hydroxyl groups excluding tert-OH is 2. The summed E-state index contributed by atoms with van der Waals surface area (Å²) in [4.78, 5) is 76.5. The van der Waals surface area contributed by atoms with E-state index in [0.717, 1.165) is 0 Å². The summed E-state index contributed by atoms with van der Waals surface area (Å²) in [6.07, 6.45) is -6.31. The van der Waals surface area contributed by atoms with Crippen molar-refractivity contribution in [2.45, 2.75) is 89.1 Å². The fraction of sp³-hybridized carbons (Fsp3) is 0.528. The number of hydrogen-bond acceptors (Lipinski definition) is 15. The number of rotatable bonds is 16. The van der Waals surface area contributed by atoms with Crippen molar-refractivity contribution in [3.8, 4) is 0 Å². The van der Waals surface area contributed by atoms with Gasteiger partial charge in [0, 0.05) is 74.8 Å². The van der Waals surface area contributed by atoms with E-state index in [2.05, 4.69) is 10.2 Å². The zero-order valence-corrected chi connectivity index (χ0v) is 39.8. The zero-order valence-electron chi connectivity index (χ0n) is 39.8. The van der Waals surface area contributed by atoms with Crippen LogP contribution in [0.25, 0.3) is 0 Å². The quantitative estimate of drug-likeness (QED) is 0.0699. The summed E-state index contributed by atoms with van der Waals surface area (Å²) < 4.78 is 30.5. The minimum absolute atomic E-state index is 0.0552. The van der Waals surface area contributed by atoms with E-state index < -0.39 is 82.7 Å². The SMILES string of the molecule is CC1=C2CC(=O)[C@@]3(C)C(C4CO[C@@H]4C[C@@H]3O)C(OC(=O)c3ccccc3)[C@](O)(C[C@@H]1OC(=O)[C@H](OC(=O)CN1CCN(CCOCCO)CC1)[C@@H](NC(=O)c1ccccc1)c1ccccc1)C2(C)C. The Morgan fingerprint density at radius 1 is 0.855 bits per heavy atom. The van der Waals surface area contributed by atoms with Crippen LogP contribution in [0.15, 0.2) is 102 Å². The molecule has 69 heavy (non-hydrogen) atoms. The predicted molar refractivity (Wildman–Crippen MR) is 250 cm³/mol. The molecule has 0 aromatic heterocycles. The van der Waals surface area contributed by atoms with Gasteiger partial charge in [0.05, 0.1) is 56.2 Å². The van der Waals surface area contributed by atoms with Crippen molar-refractivity contribution in [1.82, 2.24) is 15.1 Å². The van der Waals surface area contributed by atoms with Gasteiger partial charge in [0.25, 0.3) is 5.91 Å². The van der Waals surface area contributed by atoms with Crippen LogP contribution in [0.2, 0.25) is 0 Å². The van der Waals surface area contributed by atoms with Crippen molar-refractivity contribution in [2.75, 3.05) is 65.7 Å². The smallest absolute Gasteiger partial charge is 0.350 e. The van der Waals surface area contributed by atoms with Crippen molar-refractivity contribution in [3.63, 3.8) is 0 Å². The van der Waals surface area contributed by atoms with Crippen LogP contribution in [-0.4, -0.2) is 157 Å². The molecule has 8 rings (SSSR count). The van der Waals surface area contributed by atoms with Crippen molar-refractivity contribution in [2.24, 2.45) is 22.7 Å². The molecule has 2 heterocycles. The van der Waals surface area contributed by atoms with Crippen molar-refractivity contribution >= 4 is 29.6 Å². The molecule has 5 aliphatic rings. The molecule has 2 aliphatic heterocycles. The van der Waals surface area contributed by atoms with Crippen LogP contribution < -0.4 is 5.32 Å². The normalized spacial score (nSPS) is 29.7. The summed E-state index contributed by atoms with van der Waals surface area (Å²) in [6.45, 7) is 10.7. The summed E-state index contributed by atoms with van der Waals surface area (Å²) in [5, 5.41) is 37.5. The highest BCUT2D eigenvalue weighted by molar-refractivity contribution is 5.95. The summed E-state index contributed by atoms with van der Waals surface area (Å²) >= 11 is 0. The van der Waals surface area contributed by atoms with Crippen molar-refractivity contribution in [1.29, 1.82) is 0 Å². The Morgan fingerprint density at radius 2 is 1.48 bits per heavy atom. The molecule has 4 N–H and O–H groups in total. The van der Waals surface area contributed by atoms with E-state index in [0.29, 0.717) is 61.6 Å². The average Bonchev–Trinajstić information content (AvgIpc) is 3.34. The Balaban J connectivity index is 1.14. The Morgan fingerprint density at radius 3 is 2.10 bits per heavy atom. The number of hydrogen-bond donors (Lipinski definition) is 4. The molecule has 16 heteroatoms. The highest BCUT2D eigenvalue weighted by atomic mass is 16.6. The zero-order chi connectivity index (χ0) is 49.1. The van der Waals surface area contributed by atoms with Crippen molar-refractivity contribution in [3.05, 3.63) is 119 Å². The number of nitrogens with one attached hydrogen (secondary N) is 1. The average molecular weight is 952 g/mol. The fourth-order valence-corrected chi connectivity index (χ4v) is 11.3. The third-order valence-corrected chi connectivity index (χ3v) is 15.7. The predicted octanol–water partition coefficient (Wildman–Crippen LogP) is 3.69. The lowest BCUT2D eigenvalue weighted by Gasteiger charge is -2.63. The first-order chi connectivity index (χ1) is 33.1. The number of Topliss-reactive ketones (excluding diaryl/α,β-unsaturated/α-hetero) is 1. The first kappa shape index (κ1) is 50.1. The molecule has 3 unspecified atom stereocenters. The fourth-order valence-electron chi connectivity index (χ4n) is 11.3. The van der Waals surface area contributed by atoms with Crippen LogP contribution >= 0.6 is 0 Å². The molecule has 3 aromatic carbocycles. The maximum absolute atomic E-state index is 15.2. The number of esters is 3. The number of benzene rings is 3. The van der Waals surface area contributed by atoms with E-state index in [1.807, 2.05) is 4.90 Å². The maximum atomic E-state index is 15.2. The molecule has 370 valence electrons. The monoisotopic (exact) mass is 951 g/mol. The molecule has 1 amide bonds. The van der Waals surface area contributed by atoms with E-state index in [1.165, 1.54) is 0 Å². The van der Waals surface area contributed by atoms with Crippen LogP contribution in [0.1, 0.15) is 79.3 Å². The van der Waals surface area contributed by atoms with Gasteiger partial charge in [-0.1, -0.05) is 86.2 Å². The molecular weight excluding hydrogens is 887 g/mol. The number of carbonyl (C=O) groups is 5. The van der Waals surface area contributed by atoms with Crippen LogP contribution in [0.5, 0.6) is 0 Å². The lowest BCUT2D eigenvalue weighted by molar-refractivity contribution is -0.274. The van der Waals surface area contributed by atoms with Gasteiger partial charge < -0.3 is 44.3 Å². The molecule has 2 saturated heterocycles. The number of piperazine rings is 1. The number of amides is 1. The number of fused-ring (bicyclic) bond motifs is 5. The van der Waals surface area contributed by atoms with Gasteiger partial charge in [-0.15, -0.1) is 0 Å². The van der Waals surface area contributed by atoms with Crippen LogP contribution in [0, 0.1) is 22.7 Å². The van der Waals surface area contributed by atoms with Crippen molar-refractivity contribution < 1.29 is 63.0 Å². The number of ether oxygens (including phenoxy) is 5. The van der Waals surface area contributed by atoms with Gasteiger partial charge in [0.2, 0.25) is 6.10 Å². The molecule has 10 atom stereocenters. The minimum Gasteiger partial charge on any atom is -0.455 e. The van der Waals surface area contributed by atoms with E-state index in [9.17, 15) is 29.4 Å². The highest BCUT2D eigenvalue weighted by Crippen LogP contribution is 2.62. The molecule has 16 nitrogen and oxygen atoms in total. The molecule has 3 aromatic rings. The Kier molecular flexibility index (Phi) is 15.2. The molecule has 3 aliphatic carbocycles. The van der Waals surface area contributed by atoms with Gasteiger partial charge >= 0.3 is 17.9 Å². The van der Waals surface area contributed by atoms with Gasteiger partial charge in [-0.3, -0.25) is 24.2 Å². The van der Waals surface area contributed by atoms with Gasteiger partial charge in [-0.05, 0) is 49.2 Å². The lowest BCUT2D eigenvalue weighted by atomic mass is 9.46. The third-order valence-electron chi connectivity index (χ3n) is 15.7. The molecule has 0 radical (unpaired) electrons. The number of aliphatic hydroxyl groups is 3. The molecule has 0 spiro atoms. The Labute approximate surface area is 402 Å². The van der Waals surface area contributed by atoms with E-state index in [-0.39, 0.29) is 62.9 Å². The van der Waals surface area contributed by atoms with E-state index >= 15 is 4.79 Å². The van der Waals surface area contributed by atoms with E-state index in [1.54, 1.807) is 119 Å². The topological polar surface area (TPSA) is 211 Å². The number of ketones is 1. The third kappa shape index (κ3) is 10.0. The highest BCUT2D eigenvalue weighted by Gasteiger charge is 2.70. The largest absolute Gasteiger partial charge is 0.455 e. The molecule has 4 fully saturated rings. The second-order valence-electron chi connectivity index (χ2n) is 19.8. The van der Waals surface area contributed by atoms with Crippen LogP contribution in [-0.2, 0) is 38.1 Å². The van der Waals surface area contributed by atoms with Crippen LogP contribution in [0.4, 0.5) is 0 Å². The summed E-state index contributed by atoms with van der Waals surface area (Å²) in [6, 6.07) is 24.1. The Bertz CT molecular complexity index is 2360. The molecule has 2 bridgehead atoms. The summed E-state index contributed by atoms with van der Waals surface area (Å²) in [5.74, 6) is -4.59. The van der Waals surface area contributed by atoms with Gasteiger partial charge in [-0.25, -0.2) is 9.59 Å². The lowest BCUT2D eigenvalue weighted by Crippen LogP contribution is -2.73. The number of carbonyl (C=O) groups excluding carboxylic acids is 5. The molecular formula is C53H65N3O13. The summed E-state index contributed by atoms with van der Waals surface area (Å²) in [5.41, 5.74) is -2.81. The van der Waals surface area contributed by atoms with Gasteiger partial charge in [0.1, 0.15) is 29.6 Å². The molecule has 2 saturated carbocycles. The van der Waals surface area contributed by atoms with Gasteiger partial charge in [-0.2, -0.15) is 0 Å². The first-order valence-electron chi connectivity index (χ1n) is 24.0. The first-order valence-corrected chi connectivity index (χ1v) is 24.0. The second kappa shape index (κ2) is 20.9. The maximum Gasteiger partial charge on any atom is 0.350 e. The standard InChI is InChI=1S/C53H65N3O13/c1-33-38-28-41(58)52(4)42(59)29-39-37(32-66-39)44(52)47(69-49(62)36-18-12-7-13-19-36)53(64,51(38,2)3)30-40(33)67-50(63)46(68-43(60)31-56-22-20-55(21-23-56)24-26-65-27-25-57)45(34-14-8-5-9-15-34)54-48(61)35-16-10-6-11-17-35/h5-19,37,39-40,42,44-47,57,59,64H,20-32H2,1-4H3,(H,54,61)/t37?,39-,40+,42+,44?,45+,46-,47?,52-,53-/m1/s1. The number of nitrogens with zero attached hydrogens (tertiary/aromatic N) is 2. The van der Waals surface area contributed by atoms with Gasteiger partial charge in [0.15, 0.2) is 0 Å².